The Morgan fingerprint density at radius 3 is 2.63 bits per heavy atom. The van der Waals surface area contributed by atoms with Crippen molar-refractivity contribution >= 4 is 5.91 Å². The predicted octanol–water partition coefficient (Wildman–Crippen LogP) is 1.61. The molecular formula is C14H20N2O3. The zero-order chi connectivity index (χ0) is 14.0. The summed E-state index contributed by atoms with van der Waals surface area (Å²) in [5.74, 6) is 1.25. The number of benzene rings is 1. The van der Waals surface area contributed by atoms with Crippen LogP contribution in [0.1, 0.15) is 31.1 Å². The first-order valence-electron chi connectivity index (χ1n) is 6.35. The number of amides is 1. The van der Waals surface area contributed by atoms with Crippen LogP contribution in [-0.2, 0) is 0 Å². The number of hydrogen-bond acceptors (Lipinski definition) is 4. The molecule has 0 bridgehead atoms. The maximum Gasteiger partial charge on any atom is 0.254 e. The summed E-state index contributed by atoms with van der Waals surface area (Å²) in [6, 6.07) is 5.24. The van der Waals surface area contributed by atoms with Crippen LogP contribution in [0.2, 0.25) is 0 Å². The molecule has 1 aliphatic rings. The minimum Gasteiger partial charge on any atom is -0.454 e. The van der Waals surface area contributed by atoms with Crippen LogP contribution in [0.25, 0.3) is 0 Å². The Kier molecular flexibility index (Phi) is 3.66. The molecule has 1 heterocycles. The molecule has 0 atom stereocenters. The van der Waals surface area contributed by atoms with Crippen molar-refractivity contribution in [1.82, 2.24) is 4.90 Å². The number of ether oxygens (including phenoxy) is 2. The van der Waals surface area contributed by atoms with Crippen molar-refractivity contribution in [2.24, 2.45) is 5.73 Å². The number of carbonyl (C=O) groups is 1. The smallest absolute Gasteiger partial charge is 0.254 e. The van der Waals surface area contributed by atoms with Crippen molar-refractivity contribution < 1.29 is 14.3 Å². The van der Waals surface area contributed by atoms with Crippen molar-refractivity contribution in [1.29, 1.82) is 0 Å². The first-order valence-corrected chi connectivity index (χ1v) is 6.35. The van der Waals surface area contributed by atoms with Crippen LogP contribution in [0, 0.1) is 0 Å². The highest BCUT2D eigenvalue weighted by atomic mass is 16.7. The molecule has 0 aromatic heterocycles. The summed E-state index contributed by atoms with van der Waals surface area (Å²) >= 11 is 0. The Morgan fingerprint density at radius 2 is 2.00 bits per heavy atom. The number of fused-ring (bicyclic) bond motifs is 1. The van der Waals surface area contributed by atoms with Crippen LogP contribution in [0.5, 0.6) is 11.5 Å². The van der Waals surface area contributed by atoms with E-state index in [4.69, 9.17) is 15.2 Å². The highest BCUT2D eigenvalue weighted by Crippen LogP contribution is 2.33. The number of nitrogens with zero attached hydrogens (tertiary/aromatic N) is 1. The van der Waals surface area contributed by atoms with Gasteiger partial charge in [0.15, 0.2) is 11.5 Å². The van der Waals surface area contributed by atoms with E-state index in [1.807, 2.05) is 20.8 Å². The van der Waals surface area contributed by atoms with E-state index < -0.39 is 0 Å². The number of nitrogens with two attached hydrogens (primary N) is 1. The Bertz CT molecular complexity index is 480. The lowest BCUT2D eigenvalue weighted by Gasteiger charge is -2.35. The highest BCUT2D eigenvalue weighted by molar-refractivity contribution is 5.95. The zero-order valence-corrected chi connectivity index (χ0v) is 11.6. The van der Waals surface area contributed by atoms with Crippen molar-refractivity contribution in [2.75, 3.05) is 19.9 Å². The van der Waals surface area contributed by atoms with Crippen LogP contribution in [0.3, 0.4) is 0 Å². The number of rotatable bonds is 3. The minimum atomic E-state index is -0.271. The molecule has 0 saturated heterocycles. The molecule has 2 N–H and O–H groups in total. The normalized spacial score (nSPS) is 13.5. The van der Waals surface area contributed by atoms with E-state index in [1.165, 1.54) is 0 Å². The van der Waals surface area contributed by atoms with E-state index in [-0.39, 0.29) is 18.2 Å². The molecule has 1 aliphatic heterocycles. The summed E-state index contributed by atoms with van der Waals surface area (Å²) in [5.41, 5.74) is 5.91. The SMILES string of the molecule is CC(C)(C)N(CCN)C(=O)c1ccc2c(c1)OCO2. The second-order valence-electron chi connectivity index (χ2n) is 5.48. The molecule has 2 rings (SSSR count). The van der Waals surface area contributed by atoms with Gasteiger partial charge in [-0.25, -0.2) is 0 Å². The van der Waals surface area contributed by atoms with Gasteiger partial charge in [0.1, 0.15) is 0 Å². The van der Waals surface area contributed by atoms with Gasteiger partial charge in [-0.15, -0.1) is 0 Å². The molecule has 0 radical (unpaired) electrons. The van der Waals surface area contributed by atoms with E-state index in [0.717, 1.165) is 0 Å². The molecule has 0 spiro atoms. The average Bonchev–Trinajstić information content (AvgIpc) is 2.80. The summed E-state index contributed by atoms with van der Waals surface area (Å²) in [6.45, 7) is 7.15. The van der Waals surface area contributed by atoms with E-state index in [9.17, 15) is 4.79 Å². The van der Waals surface area contributed by atoms with Crippen LogP contribution in [0.15, 0.2) is 18.2 Å². The Balaban J connectivity index is 2.27. The Hall–Kier alpha value is -1.75. The Morgan fingerprint density at radius 1 is 1.32 bits per heavy atom. The van der Waals surface area contributed by atoms with Crippen LogP contribution in [0.4, 0.5) is 0 Å². The monoisotopic (exact) mass is 264 g/mol. The predicted molar refractivity (Wildman–Crippen MR) is 72.4 cm³/mol. The molecule has 1 aromatic rings. The molecule has 19 heavy (non-hydrogen) atoms. The first kappa shape index (κ1) is 13.7. The largest absolute Gasteiger partial charge is 0.454 e. The van der Waals surface area contributed by atoms with E-state index in [2.05, 4.69) is 0 Å². The maximum absolute atomic E-state index is 12.6. The van der Waals surface area contributed by atoms with Crippen molar-refractivity contribution in [3.8, 4) is 11.5 Å². The molecule has 104 valence electrons. The molecule has 0 fully saturated rings. The molecule has 1 aromatic carbocycles. The van der Waals surface area contributed by atoms with Crippen LogP contribution in [-0.4, -0.2) is 36.2 Å². The van der Waals surface area contributed by atoms with Gasteiger partial charge in [-0.1, -0.05) is 0 Å². The molecule has 5 heteroatoms. The van der Waals surface area contributed by atoms with Gasteiger partial charge in [0.2, 0.25) is 6.79 Å². The zero-order valence-electron chi connectivity index (χ0n) is 11.6. The second kappa shape index (κ2) is 5.09. The molecular weight excluding hydrogens is 244 g/mol. The third kappa shape index (κ3) is 2.81. The first-order chi connectivity index (χ1) is 8.93. The number of hydrogen-bond donors (Lipinski definition) is 1. The van der Waals surface area contributed by atoms with Crippen molar-refractivity contribution in [3.05, 3.63) is 23.8 Å². The van der Waals surface area contributed by atoms with Gasteiger partial charge in [0, 0.05) is 24.2 Å². The fourth-order valence-electron chi connectivity index (χ4n) is 2.06. The lowest BCUT2D eigenvalue weighted by atomic mass is 10.0. The third-order valence-electron chi connectivity index (χ3n) is 3.03. The third-order valence-corrected chi connectivity index (χ3v) is 3.03. The Labute approximate surface area is 113 Å². The van der Waals surface area contributed by atoms with E-state index >= 15 is 0 Å². The van der Waals surface area contributed by atoms with Crippen molar-refractivity contribution in [2.45, 2.75) is 26.3 Å². The molecule has 0 unspecified atom stereocenters. The summed E-state index contributed by atoms with van der Waals surface area (Å²) < 4.78 is 10.5. The number of carbonyl (C=O) groups excluding carboxylic acids is 1. The lowest BCUT2D eigenvalue weighted by Crippen LogP contribution is -2.47. The maximum atomic E-state index is 12.6. The summed E-state index contributed by atoms with van der Waals surface area (Å²) in [5, 5.41) is 0. The fourth-order valence-corrected chi connectivity index (χ4v) is 2.06. The second-order valence-corrected chi connectivity index (χ2v) is 5.48. The van der Waals surface area contributed by atoms with Gasteiger partial charge in [-0.05, 0) is 39.0 Å². The van der Waals surface area contributed by atoms with Gasteiger partial charge in [0.05, 0.1) is 0 Å². The summed E-state index contributed by atoms with van der Waals surface area (Å²) in [7, 11) is 0. The molecule has 1 amide bonds. The van der Waals surface area contributed by atoms with Gasteiger partial charge >= 0.3 is 0 Å². The van der Waals surface area contributed by atoms with Crippen LogP contribution >= 0.6 is 0 Å². The van der Waals surface area contributed by atoms with E-state index in [1.54, 1.807) is 23.1 Å². The van der Waals surface area contributed by atoms with Gasteiger partial charge in [-0.2, -0.15) is 0 Å². The molecule has 0 saturated carbocycles. The molecule has 0 aliphatic carbocycles. The highest BCUT2D eigenvalue weighted by Gasteiger charge is 2.27. The minimum absolute atomic E-state index is 0.0451. The summed E-state index contributed by atoms with van der Waals surface area (Å²) in [4.78, 5) is 14.3. The van der Waals surface area contributed by atoms with E-state index in [0.29, 0.717) is 30.2 Å². The standard InChI is InChI=1S/C14H20N2O3/c1-14(2,3)16(7-6-15)13(17)10-4-5-11-12(8-10)19-9-18-11/h4-5,8H,6-7,9,15H2,1-3H3. The van der Waals surface area contributed by atoms with Crippen molar-refractivity contribution in [3.63, 3.8) is 0 Å². The van der Waals surface area contributed by atoms with Gasteiger partial charge < -0.3 is 20.1 Å². The fraction of sp³-hybridized carbons (Fsp3) is 0.500. The van der Waals surface area contributed by atoms with Gasteiger partial charge in [-0.3, -0.25) is 4.79 Å². The quantitative estimate of drug-likeness (QED) is 0.901. The summed E-state index contributed by atoms with van der Waals surface area (Å²) in [6.07, 6.45) is 0. The molecule has 5 nitrogen and oxygen atoms in total. The van der Waals surface area contributed by atoms with Crippen LogP contribution < -0.4 is 15.2 Å². The van der Waals surface area contributed by atoms with Gasteiger partial charge in [0.25, 0.3) is 5.91 Å². The topological polar surface area (TPSA) is 64.8 Å². The lowest BCUT2D eigenvalue weighted by molar-refractivity contribution is 0.0591. The average molecular weight is 264 g/mol.